The number of pyridine rings is 1. The fourth-order valence-electron chi connectivity index (χ4n) is 4.76. The van der Waals surface area contributed by atoms with Gasteiger partial charge in [-0.05, 0) is 50.2 Å². The summed E-state index contributed by atoms with van der Waals surface area (Å²) in [5, 5.41) is 2.61. The topological polar surface area (TPSA) is 12.9 Å². The molecule has 0 saturated heterocycles. The van der Waals surface area contributed by atoms with Gasteiger partial charge in [0.2, 0.25) is 0 Å². The van der Waals surface area contributed by atoms with Gasteiger partial charge in [0.05, 0.1) is 0 Å². The summed E-state index contributed by atoms with van der Waals surface area (Å²) in [7, 11) is 0. The molecule has 0 spiro atoms. The maximum atomic E-state index is 4.84. The van der Waals surface area contributed by atoms with Crippen molar-refractivity contribution in [2.75, 3.05) is 0 Å². The van der Waals surface area contributed by atoms with E-state index in [-0.39, 0.29) is 30.9 Å². The van der Waals surface area contributed by atoms with Gasteiger partial charge in [0.1, 0.15) is 0 Å². The van der Waals surface area contributed by atoms with Gasteiger partial charge in [0.25, 0.3) is 0 Å². The molecular weight excluding hydrogens is 543 g/mol. The third-order valence-corrected chi connectivity index (χ3v) is 6.38. The monoisotopic (exact) mass is 569 g/mol. The summed E-state index contributed by atoms with van der Waals surface area (Å²) in [6.07, 6.45) is 1.95. The summed E-state index contributed by atoms with van der Waals surface area (Å²) in [6, 6.07) is 25.5. The third-order valence-electron chi connectivity index (χ3n) is 6.38. The molecule has 1 nitrogen and oxygen atoms in total. The van der Waals surface area contributed by atoms with E-state index in [4.69, 9.17) is 4.98 Å². The molecule has 3 aromatic carbocycles. The fourth-order valence-corrected chi connectivity index (χ4v) is 4.76. The first-order chi connectivity index (χ1) is 13.8. The molecule has 0 bridgehead atoms. The average Bonchev–Trinajstić information content (AvgIpc) is 2.95. The molecular formula is C28H26IrN-. The van der Waals surface area contributed by atoms with Crippen LogP contribution in [0, 0.1) is 6.07 Å². The van der Waals surface area contributed by atoms with Crippen molar-refractivity contribution in [1.29, 1.82) is 0 Å². The van der Waals surface area contributed by atoms with Crippen LogP contribution >= 0.6 is 0 Å². The summed E-state index contributed by atoms with van der Waals surface area (Å²) in [6.45, 7) is 11.3. The zero-order chi connectivity index (χ0) is 20.4. The molecule has 0 atom stereocenters. The molecule has 5 rings (SSSR count). The van der Waals surface area contributed by atoms with Gasteiger partial charge < -0.3 is 4.98 Å². The quantitative estimate of drug-likeness (QED) is 0.220. The van der Waals surface area contributed by atoms with Crippen molar-refractivity contribution in [2.24, 2.45) is 0 Å². The zero-order valence-corrected chi connectivity index (χ0v) is 20.5. The smallest absolute Gasteiger partial charge is 0.0167 e. The Kier molecular flexibility index (Phi) is 5.00. The van der Waals surface area contributed by atoms with Crippen LogP contribution in [-0.4, -0.2) is 4.98 Å². The largest absolute Gasteiger partial charge is 0.304 e. The van der Waals surface area contributed by atoms with Gasteiger partial charge >= 0.3 is 0 Å². The van der Waals surface area contributed by atoms with Crippen molar-refractivity contribution in [2.45, 2.75) is 45.4 Å². The Morgan fingerprint density at radius 2 is 1.67 bits per heavy atom. The van der Waals surface area contributed by atoms with Gasteiger partial charge in [-0.1, -0.05) is 71.0 Å². The van der Waals surface area contributed by atoms with E-state index < -0.39 is 0 Å². The van der Waals surface area contributed by atoms with Crippen molar-refractivity contribution in [3.8, 4) is 22.4 Å². The summed E-state index contributed by atoms with van der Waals surface area (Å²) in [5.74, 6) is 0. The van der Waals surface area contributed by atoms with Crippen LogP contribution in [0.5, 0.6) is 0 Å². The minimum atomic E-state index is -0.102. The Morgan fingerprint density at radius 1 is 0.900 bits per heavy atom. The third kappa shape index (κ3) is 3.06. The van der Waals surface area contributed by atoms with Gasteiger partial charge in [-0.25, -0.2) is 0 Å². The standard InChI is InChI=1S/C28H26N.Ir/c1-27(2,3)20-13-10-19(11-14-20)26-25-22(16-17-29-26)24-21-9-7-6-8-18(21)12-15-23(24)28(25,4)5;/h6-10,12-17H,1-5H3;/q-1;. The Balaban J connectivity index is 0.00000218. The number of hydrogen-bond acceptors (Lipinski definition) is 1. The first kappa shape index (κ1) is 21.0. The number of aromatic nitrogens is 1. The van der Waals surface area contributed by atoms with Crippen LogP contribution in [-0.2, 0) is 30.9 Å². The van der Waals surface area contributed by atoms with Crippen molar-refractivity contribution in [3.63, 3.8) is 0 Å². The molecule has 1 radical (unpaired) electrons. The van der Waals surface area contributed by atoms with Crippen LogP contribution < -0.4 is 0 Å². The summed E-state index contributed by atoms with van der Waals surface area (Å²) < 4.78 is 0. The number of fused-ring (bicyclic) bond motifs is 5. The fraction of sp³-hybridized carbons (Fsp3) is 0.250. The Morgan fingerprint density at radius 3 is 2.37 bits per heavy atom. The Hall–Kier alpha value is -2.28. The second kappa shape index (κ2) is 7.15. The molecule has 1 aliphatic rings. The molecule has 0 saturated carbocycles. The minimum absolute atomic E-state index is 0. The normalized spacial score (nSPS) is 14.2. The van der Waals surface area contributed by atoms with Gasteiger partial charge in [-0.3, -0.25) is 0 Å². The van der Waals surface area contributed by atoms with E-state index in [2.05, 4.69) is 101 Å². The van der Waals surface area contributed by atoms with Crippen LogP contribution in [0.4, 0.5) is 0 Å². The van der Waals surface area contributed by atoms with Gasteiger partial charge in [-0.2, -0.15) is 0 Å². The van der Waals surface area contributed by atoms with E-state index in [0.29, 0.717) is 0 Å². The van der Waals surface area contributed by atoms with Gasteiger partial charge in [0.15, 0.2) is 0 Å². The van der Waals surface area contributed by atoms with Crippen molar-refractivity contribution >= 4 is 10.8 Å². The Labute approximate surface area is 192 Å². The molecule has 1 heterocycles. The molecule has 0 N–H and O–H groups in total. The molecule has 2 heteroatoms. The summed E-state index contributed by atoms with van der Waals surface area (Å²) >= 11 is 0. The Bertz CT molecular complexity index is 1240. The van der Waals surface area contributed by atoms with Crippen molar-refractivity contribution in [3.05, 3.63) is 89.6 Å². The zero-order valence-electron chi connectivity index (χ0n) is 18.1. The molecule has 153 valence electrons. The maximum Gasteiger partial charge on any atom is 0.0167 e. The molecule has 0 unspecified atom stereocenters. The molecule has 1 aromatic heterocycles. The molecule has 30 heavy (non-hydrogen) atoms. The molecule has 1 aliphatic carbocycles. The van der Waals surface area contributed by atoms with E-state index in [0.717, 1.165) is 11.3 Å². The SMILES string of the molecule is CC(C)(C)c1c[c-]c(-c2nccc3c2C(C)(C)c2ccc4ccccc4c2-3)cc1.[Ir]. The first-order valence-electron chi connectivity index (χ1n) is 10.3. The van der Waals surface area contributed by atoms with Crippen LogP contribution in [0.15, 0.2) is 66.9 Å². The van der Waals surface area contributed by atoms with E-state index >= 15 is 0 Å². The number of nitrogens with zero attached hydrogens (tertiary/aromatic N) is 1. The van der Waals surface area contributed by atoms with Gasteiger partial charge in [0, 0.05) is 31.7 Å². The maximum absolute atomic E-state index is 4.84. The van der Waals surface area contributed by atoms with Crippen molar-refractivity contribution in [1.82, 2.24) is 4.98 Å². The number of benzene rings is 3. The summed E-state index contributed by atoms with van der Waals surface area (Å²) in [4.78, 5) is 4.84. The van der Waals surface area contributed by atoms with E-state index in [1.165, 1.54) is 38.6 Å². The number of hydrogen-bond donors (Lipinski definition) is 0. The van der Waals surface area contributed by atoms with E-state index in [1.807, 2.05) is 6.20 Å². The molecule has 0 aliphatic heterocycles. The van der Waals surface area contributed by atoms with Crippen LogP contribution in [0.1, 0.15) is 51.3 Å². The average molecular weight is 569 g/mol. The second-order valence-corrected chi connectivity index (χ2v) is 9.66. The van der Waals surface area contributed by atoms with E-state index in [9.17, 15) is 0 Å². The van der Waals surface area contributed by atoms with Crippen molar-refractivity contribution < 1.29 is 20.1 Å². The summed E-state index contributed by atoms with van der Waals surface area (Å²) in [5.41, 5.74) is 8.79. The van der Waals surface area contributed by atoms with Gasteiger partial charge in [-0.15, -0.1) is 35.4 Å². The molecule has 0 fully saturated rings. The molecule has 0 amide bonds. The second-order valence-electron chi connectivity index (χ2n) is 9.66. The van der Waals surface area contributed by atoms with Crippen LogP contribution in [0.25, 0.3) is 33.2 Å². The molecule has 4 aromatic rings. The predicted octanol–water partition coefficient (Wildman–Crippen LogP) is 7.30. The predicted molar refractivity (Wildman–Crippen MR) is 122 cm³/mol. The van der Waals surface area contributed by atoms with E-state index in [1.54, 1.807) is 0 Å². The number of rotatable bonds is 1. The van der Waals surface area contributed by atoms with Crippen LogP contribution in [0.3, 0.4) is 0 Å². The minimum Gasteiger partial charge on any atom is -0.304 e. The van der Waals surface area contributed by atoms with Crippen LogP contribution in [0.2, 0.25) is 0 Å². The first-order valence-corrected chi connectivity index (χ1v) is 10.3.